The fraction of sp³-hybridized carbons (Fsp3) is 0.917. The molecule has 0 unspecified atom stereocenters. The molecule has 1 heterocycles. The lowest BCUT2D eigenvalue weighted by Gasteiger charge is -2.28. The molecule has 1 saturated carbocycles. The molecule has 86 valence electrons. The highest BCUT2D eigenvalue weighted by molar-refractivity contribution is 5.76. The summed E-state index contributed by atoms with van der Waals surface area (Å²) < 4.78 is 0. The Morgan fingerprint density at radius 2 is 2.07 bits per heavy atom. The van der Waals surface area contributed by atoms with Crippen LogP contribution in [0.15, 0.2) is 0 Å². The van der Waals surface area contributed by atoms with E-state index in [-0.39, 0.29) is 5.91 Å². The minimum absolute atomic E-state index is 0.251. The molecule has 2 fully saturated rings. The summed E-state index contributed by atoms with van der Waals surface area (Å²) in [6.07, 6.45) is 6.00. The highest BCUT2D eigenvalue weighted by Crippen LogP contribution is 2.27. The quantitative estimate of drug-likeness (QED) is 0.734. The zero-order valence-electron chi connectivity index (χ0n) is 9.59. The van der Waals surface area contributed by atoms with Gasteiger partial charge in [0.25, 0.3) is 0 Å². The van der Waals surface area contributed by atoms with E-state index in [0.717, 1.165) is 19.0 Å². The van der Waals surface area contributed by atoms with Crippen LogP contribution < -0.4 is 10.6 Å². The summed E-state index contributed by atoms with van der Waals surface area (Å²) >= 11 is 0. The highest BCUT2D eigenvalue weighted by Gasteiger charge is 2.25. The van der Waals surface area contributed by atoms with Gasteiger partial charge in [-0.2, -0.15) is 0 Å². The average Bonchev–Trinajstić information content (AvgIpc) is 2.64. The molecule has 0 aromatic heterocycles. The third-order valence-electron chi connectivity index (χ3n) is 3.84. The van der Waals surface area contributed by atoms with E-state index < -0.39 is 0 Å². The summed E-state index contributed by atoms with van der Waals surface area (Å²) in [5, 5.41) is 6.35. The molecule has 0 spiro atoms. The molecular formula is C12H22N2O. The summed E-state index contributed by atoms with van der Waals surface area (Å²) in [6, 6.07) is 0.382. The van der Waals surface area contributed by atoms with Crippen molar-refractivity contribution in [1.29, 1.82) is 0 Å². The third-order valence-corrected chi connectivity index (χ3v) is 3.84. The van der Waals surface area contributed by atoms with E-state index in [1.165, 1.54) is 25.7 Å². The van der Waals surface area contributed by atoms with Gasteiger partial charge in [-0.25, -0.2) is 0 Å². The van der Waals surface area contributed by atoms with Gasteiger partial charge in [0.15, 0.2) is 0 Å². The minimum Gasteiger partial charge on any atom is -0.353 e. The second-order valence-electron chi connectivity index (χ2n) is 5.13. The lowest BCUT2D eigenvalue weighted by atomic mass is 9.97. The molecular weight excluding hydrogens is 188 g/mol. The molecule has 0 bridgehead atoms. The van der Waals surface area contributed by atoms with Gasteiger partial charge in [-0.05, 0) is 44.7 Å². The van der Waals surface area contributed by atoms with E-state index in [1.54, 1.807) is 0 Å². The fourth-order valence-corrected chi connectivity index (χ4v) is 2.64. The van der Waals surface area contributed by atoms with Crippen molar-refractivity contribution < 1.29 is 4.79 Å². The van der Waals surface area contributed by atoms with Gasteiger partial charge in [-0.1, -0.05) is 12.8 Å². The number of nitrogens with one attached hydrogen (secondary N) is 2. The zero-order chi connectivity index (χ0) is 10.7. The first kappa shape index (κ1) is 10.9. The van der Waals surface area contributed by atoms with Crippen molar-refractivity contribution >= 4 is 5.91 Å². The lowest BCUT2D eigenvalue weighted by Crippen LogP contribution is -2.46. The van der Waals surface area contributed by atoms with Gasteiger partial charge in [0.05, 0.1) is 0 Å². The first-order chi connectivity index (χ1) is 7.25. The van der Waals surface area contributed by atoms with Gasteiger partial charge < -0.3 is 10.6 Å². The molecule has 1 saturated heterocycles. The molecule has 2 N–H and O–H groups in total. The first-order valence-corrected chi connectivity index (χ1v) is 6.26. The SMILES string of the molecule is C[C@@H](NC(=O)CC1CNC1)C1CCCC1. The van der Waals surface area contributed by atoms with Gasteiger partial charge in [0, 0.05) is 12.5 Å². The van der Waals surface area contributed by atoms with Gasteiger partial charge in [0.2, 0.25) is 5.91 Å². The smallest absolute Gasteiger partial charge is 0.220 e. The average molecular weight is 210 g/mol. The van der Waals surface area contributed by atoms with E-state index >= 15 is 0 Å². The van der Waals surface area contributed by atoms with Crippen molar-refractivity contribution in [3.63, 3.8) is 0 Å². The van der Waals surface area contributed by atoms with Crippen molar-refractivity contribution in [2.24, 2.45) is 11.8 Å². The summed E-state index contributed by atoms with van der Waals surface area (Å²) in [4.78, 5) is 11.7. The van der Waals surface area contributed by atoms with Crippen LogP contribution in [0.4, 0.5) is 0 Å². The molecule has 1 atom stereocenters. The van der Waals surface area contributed by atoms with Crippen LogP contribution in [-0.2, 0) is 4.79 Å². The van der Waals surface area contributed by atoms with Crippen molar-refractivity contribution in [3.05, 3.63) is 0 Å². The normalized spacial score (nSPS) is 24.9. The number of carbonyl (C=O) groups is 1. The van der Waals surface area contributed by atoms with E-state index in [2.05, 4.69) is 17.6 Å². The molecule has 1 aliphatic heterocycles. The van der Waals surface area contributed by atoms with Crippen LogP contribution >= 0.6 is 0 Å². The van der Waals surface area contributed by atoms with Crippen molar-refractivity contribution in [1.82, 2.24) is 10.6 Å². The molecule has 0 aromatic rings. The predicted molar refractivity (Wildman–Crippen MR) is 60.5 cm³/mol. The molecule has 1 aliphatic carbocycles. The number of hydrogen-bond donors (Lipinski definition) is 2. The van der Waals surface area contributed by atoms with Crippen LogP contribution in [0.2, 0.25) is 0 Å². The van der Waals surface area contributed by atoms with Crippen LogP contribution in [0, 0.1) is 11.8 Å². The van der Waals surface area contributed by atoms with Gasteiger partial charge in [-0.3, -0.25) is 4.79 Å². The molecule has 0 radical (unpaired) electrons. The van der Waals surface area contributed by atoms with Crippen LogP contribution in [-0.4, -0.2) is 25.0 Å². The largest absolute Gasteiger partial charge is 0.353 e. The van der Waals surface area contributed by atoms with Crippen LogP contribution in [0.1, 0.15) is 39.0 Å². The first-order valence-electron chi connectivity index (χ1n) is 6.26. The Hall–Kier alpha value is -0.570. The Morgan fingerprint density at radius 1 is 1.40 bits per heavy atom. The molecule has 2 aliphatic rings. The van der Waals surface area contributed by atoms with Crippen molar-refractivity contribution in [3.8, 4) is 0 Å². The van der Waals surface area contributed by atoms with E-state index in [0.29, 0.717) is 18.4 Å². The van der Waals surface area contributed by atoms with Crippen molar-refractivity contribution in [2.45, 2.75) is 45.1 Å². The Morgan fingerprint density at radius 3 is 2.60 bits per heavy atom. The monoisotopic (exact) mass is 210 g/mol. The maximum atomic E-state index is 11.7. The summed E-state index contributed by atoms with van der Waals surface area (Å²) in [5.41, 5.74) is 0. The number of amides is 1. The maximum Gasteiger partial charge on any atom is 0.220 e. The highest BCUT2D eigenvalue weighted by atomic mass is 16.1. The van der Waals surface area contributed by atoms with Gasteiger partial charge in [0.1, 0.15) is 0 Å². The van der Waals surface area contributed by atoms with Gasteiger partial charge in [-0.15, -0.1) is 0 Å². The fourth-order valence-electron chi connectivity index (χ4n) is 2.64. The minimum atomic E-state index is 0.251. The standard InChI is InChI=1S/C12H22N2O/c1-9(11-4-2-3-5-11)14-12(15)6-10-7-13-8-10/h9-11,13H,2-8H2,1H3,(H,14,15)/t9-/m1/s1. The van der Waals surface area contributed by atoms with E-state index in [4.69, 9.17) is 0 Å². The van der Waals surface area contributed by atoms with Crippen LogP contribution in [0.3, 0.4) is 0 Å². The zero-order valence-corrected chi connectivity index (χ0v) is 9.59. The Kier molecular flexibility index (Phi) is 3.62. The maximum absolute atomic E-state index is 11.7. The molecule has 2 rings (SSSR count). The molecule has 3 heteroatoms. The summed E-state index contributed by atoms with van der Waals surface area (Å²) in [6.45, 7) is 4.20. The molecule has 3 nitrogen and oxygen atoms in total. The van der Waals surface area contributed by atoms with Crippen molar-refractivity contribution in [2.75, 3.05) is 13.1 Å². The molecule has 15 heavy (non-hydrogen) atoms. The number of hydrogen-bond acceptors (Lipinski definition) is 2. The van der Waals surface area contributed by atoms with E-state index in [9.17, 15) is 4.79 Å². The summed E-state index contributed by atoms with van der Waals surface area (Å²) in [7, 11) is 0. The van der Waals surface area contributed by atoms with Crippen LogP contribution in [0.5, 0.6) is 0 Å². The molecule has 1 amide bonds. The predicted octanol–water partition coefficient (Wildman–Crippen LogP) is 1.29. The Bertz CT molecular complexity index is 220. The molecule has 0 aromatic carbocycles. The summed E-state index contributed by atoms with van der Waals surface area (Å²) in [5.74, 6) is 1.56. The van der Waals surface area contributed by atoms with Gasteiger partial charge >= 0.3 is 0 Å². The van der Waals surface area contributed by atoms with Crippen LogP contribution in [0.25, 0.3) is 0 Å². The second kappa shape index (κ2) is 4.97. The third kappa shape index (κ3) is 2.94. The Balaban J connectivity index is 1.67. The lowest BCUT2D eigenvalue weighted by molar-refractivity contribution is -0.123. The Labute approximate surface area is 92.0 Å². The van der Waals surface area contributed by atoms with E-state index in [1.807, 2.05) is 0 Å². The number of rotatable bonds is 4. The topological polar surface area (TPSA) is 41.1 Å². The number of carbonyl (C=O) groups excluding carboxylic acids is 1. The second-order valence-corrected chi connectivity index (χ2v) is 5.13.